The molecule has 0 bridgehead atoms. The number of thiophene rings is 1. The van der Waals surface area contributed by atoms with Crippen LogP contribution in [0.1, 0.15) is 5.56 Å². The van der Waals surface area contributed by atoms with Crippen molar-refractivity contribution in [2.75, 3.05) is 12.4 Å². The molecule has 1 aromatic carbocycles. The highest BCUT2D eigenvalue weighted by Crippen LogP contribution is 2.28. The third-order valence-electron chi connectivity index (χ3n) is 2.27. The molecule has 1 aromatic heterocycles. The number of ether oxygens (including phenoxy) is 1. The molecule has 0 radical (unpaired) electrons. The topological polar surface area (TPSA) is 21.3 Å². The number of hydrogen-bond donors (Lipinski definition) is 1. The summed E-state index contributed by atoms with van der Waals surface area (Å²) in [6.07, 6.45) is 0. The van der Waals surface area contributed by atoms with Gasteiger partial charge in [0.25, 0.3) is 0 Å². The second-order valence-electron chi connectivity index (χ2n) is 3.46. The summed E-state index contributed by atoms with van der Waals surface area (Å²) in [6, 6.07) is 7.77. The molecule has 2 nitrogen and oxygen atoms in total. The molecule has 0 aliphatic heterocycles. The van der Waals surface area contributed by atoms with Gasteiger partial charge in [-0.05, 0) is 51.1 Å². The molecule has 0 unspecified atom stereocenters. The molecule has 1 N–H and O–H groups in total. The predicted molar refractivity (Wildman–Crippen MR) is 77.3 cm³/mol. The van der Waals surface area contributed by atoms with E-state index in [1.165, 1.54) is 5.56 Å². The van der Waals surface area contributed by atoms with E-state index in [0.29, 0.717) is 10.8 Å². The number of rotatable bonds is 4. The molecule has 1 heterocycles. The third-order valence-corrected chi connectivity index (χ3v) is 4.12. The van der Waals surface area contributed by atoms with Crippen LogP contribution in [0.2, 0.25) is 5.02 Å². The number of nitrogens with one attached hydrogen (secondary N) is 1. The fraction of sp³-hybridized carbons (Fsp3) is 0.167. The summed E-state index contributed by atoms with van der Waals surface area (Å²) >= 11 is 11.2. The fourth-order valence-electron chi connectivity index (χ4n) is 1.42. The first kappa shape index (κ1) is 12.7. The van der Waals surface area contributed by atoms with Crippen LogP contribution in [-0.4, -0.2) is 7.11 Å². The summed E-state index contributed by atoms with van der Waals surface area (Å²) < 4.78 is 6.24. The highest BCUT2D eigenvalue weighted by atomic mass is 79.9. The van der Waals surface area contributed by atoms with Crippen molar-refractivity contribution in [1.82, 2.24) is 0 Å². The van der Waals surface area contributed by atoms with Gasteiger partial charge in [0.1, 0.15) is 5.75 Å². The Hall–Kier alpha value is -0.710. The molecular weight excluding hydrogens is 322 g/mol. The van der Waals surface area contributed by atoms with Crippen LogP contribution < -0.4 is 10.1 Å². The molecular formula is C12H11BrClNOS. The Morgan fingerprint density at radius 3 is 2.82 bits per heavy atom. The van der Waals surface area contributed by atoms with Crippen LogP contribution in [0, 0.1) is 0 Å². The van der Waals surface area contributed by atoms with Crippen molar-refractivity contribution < 1.29 is 4.74 Å². The van der Waals surface area contributed by atoms with Crippen LogP contribution in [-0.2, 0) is 6.54 Å². The average Bonchev–Trinajstić information content (AvgIpc) is 2.73. The second kappa shape index (κ2) is 5.76. The van der Waals surface area contributed by atoms with Gasteiger partial charge in [-0.2, -0.15) is 0 Å². The van der Waals surface area contributed by atoms with Crippen LogP contribution in [0.5, 0.6) is 5.75 Å². The number of anilines is 1. The largest absolute Gasteiger partial charge is 0.495 e. The van der Waals surface area contributed by atoms with Crippen molar-refractivity contribution >= 4 is 44.6 Å². The normalized spacial score (nSPS) is 10.3. The Kier molecular flexibility index (Phi) is 4.31. The van der Waals surface area contributed by atoms with Gasteiger partial charge in [-0.3, -0.25) is 0 Å². The average molecular weight is 333 g/mol. The first-order chi connectivity index (χ1) is 8.19. The van der Waals surface area contributed by atoms with Crippen LogP contribution in [0.3, 0.4) is 0 Å². The number of halogens is 2. The first-order valence-electron chi connectivity index (χ1n) is 4.99. The zero-order valence-corrected chi connectivity index (χ0v) is 12.3. The Bertz CT molecular complexity index is 515. The molecule has 2 rings (SSSR count). The van der Waals surface area contributed by atoms with E-state index in [9.17, 15) is 0 Å². The molecule has 5 heteroatoms. The summed E-state index contributed by atoms with van der Waals surface area (Å²) in [6.45, 7) is 0.782. The smallest absolute Gasteiger partial charge is 0.137 e. The van der Waals surface area contributed by atoms with Gasteiger partial charge in [-0.25, -0.2) is 0 Å². The zero-order chi connectivity index (χ0) is 12.3. The van der Waals surface area contributed by atoms with Crippen LogP contribution in [0.25, 0.3) is 0 Å². The van der Waals surface area contributed by atoms with E-state index in [0.717, 1.165) is 16.0 Å². The van der Waals surface area contributed by atoms with Gasteiger partial charge in [0, 0.05) is 12.2 Å². The predicted octanol–water partition coefficient (Wildman–Crippen LogP) is 4.78. The van der Waals surface area contributed by atoms with Gasteiger partial charge in [0.2, 0.25) is 0 Å². The third kappa shape index (κ3) is 3.37. The molecule has 2 aromatic rings. The van der Waals surface area contributed by atoms with Crippen molar-refractivity contribution in [3.05, 3.63) is 44.0 Å². The molecule has 0 spiro atoms. The summed E-state index contributed by atoms with van der Waals surface area (Å²) in [5.74, 6) is 0.690. The number of hydrogen-bond acceptors (Lipinski definition) is 3. The maximum absolute atomic E-state index is 6.04. The Balaban J connectivity index is 2.02. The van der Waals surface area contributed by atoms with Crippen molar-refractivity contribution in [3.63, 3.8) is 0 Å². The molecule has 0 saturated heterocycles. The highest BCUT2D eigenvalue weighted by Gasteiger charge is 2.02. The summed E-state index contributed by atoms with van der Waals surface area (Å²) in [7, 11) is 1.61. The van der Waals surface area contributed by atoms with Gasteiger partial charge in [0.05, 0.1) is 15.9 Å². The lowest BCUT2D eigenvalue weighted by atomic mass is 10.2. The molecule has 0 amide bonds. The maximum Gasteiger partial charge on any atom is 0.137 e. The van der Waals surface area contributed by atoms with Crippen molar-refractivity contribution in [2.45, 2.75) is 6.54 Å². The minimum absolute atomic E-state index is 0.615. The summed E-state index contributed by atoms with van der Waals surface area (Å²) in [5.41, 5.74) is 2.23. The standard InChI is InChI=1S/C12H11BrClNOS/c1-16-11-3-2-9(5-10(11)14)15-6-8-4-12(13)17-7-8/h2-5,7,15H,6H2,1H3. The van der Waals surface area contributed by atoms with E-state index in [1.54, 1.807) is 18.4 Å². The first-order valence-corrected chi connectivity index (χ1v) is 7.04. The van der Waals surface area contributed by atoms with Gasteiger partial charge in [-0.1, -0.05) is 11.6 Å². The fourth-order valence-corrected chi connectivity index (χ4v) is 2.89. The molecule has 17 heavy (non-hydrogen) atoms. The van der Waals surface area contributed by atoms with E-state index in [-0.39, 0.29) is 0 Å². The van der Waals surface area contributed by atoms with E-state index in [4.69, 9.17) is 16.3 Å². The van der Waals surface area contributed by atoms with Crippen molar-refractivity contribution in [2.24, 2.45) is 0 Å². The monoisotopic (exact) mass is 331 g/mol. The van der Waals surface area contributed by atoms with E-state index in [2.05, 4.69) is 32.7 Å². The molecule has 0 aliphatic rings. The number of benzene rings is 1. The SMILES string of the molecule is COc1ccc(NCc2csc(Br)c2)cc1Cl. The lowest BCUT2D eigenvalue weighted by Crippen LogP contribution is -1.98. The van der Waals surface area contributed by atoms with E-state index < -0.39 is 0 Å². The summed E-state index contributed by atoms with van der Waals surface area (Å²) in [5, 5.41) is 6.04. The minimum Gasteiger partial charge on any atom is -0.495 e. The quantitative estimate of drug-likeness (QED) is 0.869. The van der Waals surface area contributed by atoms with Crippen LogP contribution >= 0.6 is 38.9 Å². The number of methoxy groups -OCH3 is 1. The van der Waals surface area contributed by atoms with Gasteiger partial charge < -0.3 is 10.1 Å². The van der Waals surface area contributed by atoms with E-state index in [1.807, 2.05) is 18.2 Å². The van der Waals surface area contributed by atoms with Gasteiger partial charge in [0.15, 0.2) is 0 Å². The molecule has 0 aliphatic carbocycles. The van der Waals surface area contributed by atoms with Gasteiger partial charge in [-0.15, -0.1) is 11.3 Å². The lowest BCUT2D eigenvalue weighted by Gasteiger charge is -2.08. The van der Waals surface area contributed by atoms with Crippen LogP contribution in [0.4, 0.5) is 5.69 Å². The molecule has 0 fully saturated rings. The second-order valence-corrected chi connectivity index (χ2v) is 6.16. The Morgan fingerprint density at radius 2 is 2.24 bits per heavy atom. The zero-order valence-electron chi connectivity index (χ0n) is 9.17. The maximum atomic E-state index is 6.04. The van der Waals surface area contributed by atoms with Crippen molar-refractivity contribution in [1.29, 1.82) is 0 Å². The molecule has 90 valence electrons. The van der Waals surface area contributed by atoms with Crippen LogP contribution in [0.15, 0.2) is 33.4 Å². The molecule has 0 atom stereocenters. The highest BCUT2D eigenvalue weighted by molar-refractivity contribution is 9.11. The lowest BCUT2D eigenvalue weighted by molar-refractivity contribution is 0.415. The Labute approximate surface area is 118 Å². The molecule has 0 saturated carbocycles. The van der Waals surface area contributed by atoms with Gasteiger partial charge >= 0.3 is 0 Å². The Morgan fingerprint density at radius 1 is 1.41 bits per heavy atom. The van der Waals surface area contributed by atoms with E-state index >= 15 is 0 Å². The summed E-state index contributed by atoms with van der Waals surface area (Å²) in [4.78, 5) is 0. The minimum atomic E-state index is 0.615. The van der Waals surface area contributed by atoms with Crippen molar-refractivity contribution in [3.8, 4) is 5.75 Å².